The highest BCUT2D eigenvalue weighted by Crippen LogP contribution is 2.52. The lowest BCUT2D eigenvalue weighted by atomic mass is 9.55. The van der Waals surface area contributed by atoms with Crippen LogP contribution in [0.5, 0.6) is 5.75 Å². The zero-order valence-electron chi connectivity index (χ0n) is 21.5. The first-order chi connectivity index (χ1) is 19.0. The molecular formula is C30H29BN2O6. The number of ether oxygens (including phenoxy) is 1. The number of rotatable bonds is 6. The number of phenols is 1. The van der Waals surface area contributed by atoms with Gasteiger partial charge in [0.1, 0.15) is 5.75 Å². The molecular weight excluding hydrogens is 495 g/mol. The fourth-order valence-corrected chi connectivity index (χ4v) is 6.31. The van der Waals surface area contributed by atoms with Crippen LogP contribution < -0.4 is 10.2 Å². The van der Waals surface area contributed by atoms with E-state index < -0.39 is 31.0 Å². The smallest absolute Gasteiger partial charge is 0.487 e. The molecule has 2 saturated heterocycles. The van der Waals surface area contributed by atoms with Gasteiger partial charge in [0.05, 0.1) is 30.2 Å². The molecule has 1 aliphatic carbocycles. The minimum atomic E-state index is -1.26. The molecule has 3 aliphatic rings. The molecule has 0 bridgehead atoms. The average Bonchev–Trinajstić information content (AvgIpc) is 3.19. The SMILES string of the molecule is COCC1=C2B(O)O[C@H](c3ccccc3O)C[C@H]2[C@H]2C(=O)N(c3ccc(Nc4ccccc4)cc3)C(=O)[C@H]2C1. The number of allylic oxidation sites excluding steroid dienone is 1. The zero-order chi connectivity index (χ0) is 27.1. The van der Waals surface area contributed by atoms with Crippen molar-refractivity contribution in [1.29, 1.82) is 0 Å². The first-order valence-electron chi connectivity index (χ1n) is 13.1. The van der Waals surface area contributed by atoms with Crippen LogP contribution in [0.1, 0.15) is 24.5 Å². The number of nitrogens with zero attached hydrogens (tertiary/aromatic N) is 1. The van der Waals surface area contributed by atoms with Gasteiger partial charge in [0, 0.05) is 24.0 Å². The molecule has 8 nitrogen and oxygen atoms in total. The molecule has 0 spiro atoms. The maximum Gasteiger partial charge on any atom is 0.487 e. The minimum Gasteiger partial charge on any atom is -0.508 e. The van der Waals surface area contributed by atoms with Crippen molar-refractivity contribution in [3.63, 3.8) is 0 Å². The number of methoxy groups -OCH3 is 1. The number of benzene rings is 3. The maximum absolute atomic E-state index is 13.9. The summed E-state index contributed by atoms with van der Waals surface area (Å²) in [6.45, 7) is 0.234. The Bertz CT molecular complexity index is 1430. The van der Waals surface area contributed by atoms with Crippen molar-refractivity contribution in [3.05, 3.63) is 95.5 Å². The summed E-state index contributed by atoms with van der Waals surface area (Å²) in [5.41, 5.74) is 4.24. The van der Waals surface area contributed by atoms with Gasteiger partial charge in [-0.15, -0.1) is 0 Å². The van der Waals surface area contributed by atoms with E-state index in [2.05, 4.69) is 5.32 Å². The Kier molecular flexibility index (Phi) is 6.72. The molecule has 198 valence electrons. The molecule has 4 atom stereocenters. The van der Waals surface area contributed by atoms with E-state index in [1.807, 2.05) is 42.5 Å². The molecule has 0 saturated carbocycles. The second-order valence-corrected chi connectivity index (χ2v) is 10.3. The Morgan fingerprint density at radius 2 is 1.64 bits per heavy atom. The van der Waals surface area contributed by atoms with Crippen LogP contribution in [0.2, 0.25) is 0 Å². The highest BCUT2D eigenvalue weighted by molar-refractivity contribution is 6.53. The average molecular weight is 524 g/mol. The van der Waals surface area contributed by atoms with Gasteiger partial charge in [-0.1, -0.05) is 36.4 Å². The number of para-hydroxylation sites is 2. The van der Waals surface area contributed by atoms with Gasteiger partial charge in [0.15, 0.2) is 0 Å². The fraction of sp³-hybridized carbons (Fsp3) is 0.267. The molecule has 0 radical (unpaired) electrons. The second-order valence-electron chi connectivity index (χ2n) is 10.3. The number of imide groups is 1. The number of aromatic hydroxyl groups is 1. The van der Waals surface area contributed by atoms with E-state index in [4.69, 9.17) is 9.39 Å². The van der Waals surface area contributed by atoms with Gasteiger partial charge in [-0.2, -0.15) is 0 Å². The van der Waals surface area contributed by atoms with Gasteiger partial charge in [-0.25, -0.2) is 0 Å². The molecule has 2 fully saturated rings. The Hall–Kier alpha value is -3.92. The Morgan fingerprint density at radius 1 is 0.949 bits per heavy atom. The summed E-state index contributed by atoms with van der Waals surface area (Å²) in [4.78, 5) is 28.9. The van der Waals surface area contributed by atoms with Crippen LogP contribution >= 0.6 is 0 Å². The summed E-state index contributed by atoms with van der Waals surface area (Å²) >= 11 is 0. The molecule has 3 N–H and O–H groups in total. The van der Waals surface area contributed by atoms with Crippen molar-refractivity contribution >= 4 is 36.0 Å². The molecule has 0 unspecified atom stereocenters. The highest BCUT2D eigenvalue weighted by atomic mass is 16.5. The summed E-state index contributed by atoms with van der Waals surface area (Å²) in [5.74, 6) is -2.09. The molecule has 9 heteroatoms. The number of fused-ring (bicyclic) bond motifs is 3. The van der Waals surface area contributed by atoms with Crippen molar-refractivity contribution in [1.82, 2.24) is 0 Å². The summed E-state index contributed by atoms with van der Waals surface area (Å²) in [5, 5.41) is 24.8. The first kappa shape index (κ1) is 25.4. The van der Waals surface area contributed by atoms with E-state index in [0.29, 0.717) is 29.6 Å². The topological polar surface area (TPSA) is 108 Å². The minimum absolute atomic E-state index is 0.0613. The summed E-state index contributed by atoms with van der Waals surface area (Å²) in [6.07, 6.45) is 0.0454. The van der Waals surface area contributed by atoms with Crippen molar-refractivity contribution in [2.45, 2.75) is 18.9 Å². The number of hydrogen-bond donors (Lipinski definition) is 3. The number of carbonyl (C=O) groups is 2. The van der Waals surface area contributed by atoms with Crippen molar-refractivity contribution in [2.75, 3.05) is 23.9 Å². The van der Waals surface area contributed by atoms with Crippen molar-refractivity contribution in [2.24, 2.45) is 17.8 Å². The maximum atomic E-state index is 13.9. The second kappa shape index (κ2) is 10.3. The van der Waals surface area contributed by atoms with E-state index in [0.717, 1.165) is 16.9 Å². The van der Waals surface area contributed by atoms with Gasteiger partial charge in [0.2, 0.25) is 11.8 Å². The number of hydrogen-bond acceptors (Lipinski definition) is 7. The summed E-state index contributed by atoms with van der Waals surface area (Å²) in [7, 11) is 0.300. The molecule has 39 heavy (non-hydrogen) atoms. The van der Waals surface area contributed by atoms with Crippen LogP contribution in [-0.2, 0) is 19.0 Å². The van der Waals surface area contributed by atoms with Crippen LogP contribution in [0, 0.1) is 17.8 Å². The van der Waals surface area contributed by atoms with Crippen molar-refractivity contribution in [3.8, 4) is 5.75 Å². The predicted molar refractivity (Wildman–Crippen MR) is 147 cm³/mol. The molecule has 3 aromatic carbocycles. The lowest BCUT2D eigenvalue weighted by molar-refractivity contribution is -0.123. The largest absolute Gasteiger partial charge is 0.508 e. The number of amides is 2. The predicted octanol–water partition coefficient (Wildman–Crippen LogP) is 4.39. The molecule has 2 aliphatic heterocycles. The van der Waals surface area contributed by atoms with E-state index in [-0.39, 0.29) is 24.2 Å². The molecule has 6 rings (SSSR count). The van der Waals surface area contributed by atoms with Crippen LogP contribution in [0.25, 0.3) is 0 Å². The number of phenolic OH excluding ortho intramolecular Hbond substituents is 1. The third-order valence-electron chi connectivity index (χ3n) is 8.00. The first-order valence-corrected chi connectivity index (χ1v) is 13.1. The van der Waals surface area contributed by atoms with Gasteiger partial charge >= 0.3 is 7.12 Å². The number of anilines is 3. The molecule has 0 aromatic heterocycles. The van der Waals surface area contributed by atoms with Gasteiger partial charge < -0.3 is 24.8 Å². The van der Waals surface area contributed by atoms with E-state index in [1.54, 1.807) is 43.5 Å². The molecule has 2 heterocycles. The summed E-state index contributed by atoms with van der Waals surface area (Å²) < 4.78 is 11.4. The lowest BCUT2D eigenvalue weighted by Crippen LogP contribution is -2.45. The van der Waals surface area contributed by atoms with E-state index >= 15 is 0 Å². The normalized spacial score (nSPS) is 24.6. The Labute approximate surface area is 227 Å². The van der Waals surface area contributed by atoms with Crippen molar-refractivity contribution < 1.29 is 29.1 Å². The van der Waals surface area contributed by atoms with Gasteiger partial charge in [-0.05, 0) is 72.3 Å². The molecule has 2 amide bonds. The Balaban J connectivity index is 1.31. The van der Waals surface area contributed by atoms with E-state index in [9.17, 15) is 19.7 Å². The van der Waals surface area contributed by atoms with Crippen LogP contribution in [0.4, 0.5) is 17.1 Å². The quantitative estimate of drug-likeness (QED) is 0.324. The van der Waals surface area contributed by atoms with Gasteiger partial charge in [-0.3, -0.25) is 14.5 Å². The van der Waals surface area contributed by atoms with Crippen LogP contribution in [0.3, 0.4) is 0 Å². The standard InChI is InChI=1S/C30H29BN2O6/c1-38-17-18-15-24-27(23-16-26(39-31(37)28(18)23)22-9-5-6-10-25(22)34)30(36)33(29(24)35)21-13-11-20(12-14-21)32-19-7-3-2-4-8-19/h2-14,23-24,26-27,32,34,37H,15-17H2,1H3/t23-,24-,26-,27+/m0/s1. The highest BCUT2D eigenvalue weighted by Gasteiger charge is 2.58. The van der Waals surface area contributed by atoms with E-state index in [1.165, 1.54) is 4.90 Å². The lowest BCUT2D eigenvalue weighted by Gasteiger charge is -2.42. The van der Waals surface area contributed by atoms with Gasteiger partial charge in [0.25, 0.3) is 0 Å². The third kappa shape index (κ3) is 4.52. The monoisotopic (exact) mass is 524 g/mol. The third-order valence-corrected chi connectivity index (χ3v) is 8.00. The summed E-state index contributed by atoms with van der Waals surface area (Å²) in [6, 6.07) is 23.8. The Morgan fingerprint density at radius 3 is 2.36 bits per heavy atom. The van der Waals surface area contributed by atoms with Crippen LogP contribution in [-0.4, -0.2) is 42.8 Å². The number of nitrogens with one attached hydrogen (secondary N) is 1. The zero-order valence-corrected chi connectivity index (χ0v) is 21.5. The van der Waals surface area contributed by atoms with Crippen LogP contribution in [0.15, 0.2) is 89.9 Å². The fourth-order valence-electron chi connectivity index (χ4n) is 6.31. The number of carbonyl (C=O) groups excluding carboxylic acids is 2. The molecule has 3 aromatic rings.